The van der Waals surface area contributed by atoms with Gasteiger partial charge in [-0.25, -0.2) is 4.98 Å². The number of rotatable bonds is 11. The predicted molar refractivity (Wildman–Crippen MR) is 73.9 cm³/mol. The Kier molecular flexibility index (Phi) is 8.36. The van der Waals surface area contributed by atoms with Gasteiger partial charge in [0, 0.05) is 20.3 Å². The van der Waals surface area contributed by atoms with Gasteiger partial charge < -0.3 is 14.8 Å². The van der Waals surface area contributed by atoms with Gasteiger partial charge in [0.05, 0.1) is 19.7 Å². The summed E-state index contributed by atoms with van der Waals surface area (Å²) in [6, 6.07) is 0. The summed E-state index contributed by atoms with van der Waals surface area (Å²) in [7, 11) is 1.70. The Balaban J connectivity index is 2.09. The molecule has 1 aromatic heterocycles. The third kappa shape index (κ3) is 7.92. The molecule has 0 radical (unpaired) electrons. The van der Waals surface area contributed by atoms with Crippen molar-refractivity contribution in [1.29, 1.82) is 0 Å². The van der Waals surface area contributed by atoms with Crippen LogP contribution in [0, 0.1) is 5.92 Å². The monoisotopic (exact) mass is 270 g/mol. The van der Waals surface area contributed by atoms with Crippen LogP contribution in [0.5, 0.6) is 0 Å². The molecule has 1 rings (SSSR count). The highest BCUT2D eigenvalue weighted by Gasteiger charge is 2.01. The van der Waals surface area contributed by atoms with Gasteiger partial charge in [-0.15, -0.1) is 0 Å². The highest BCUT2D eigenvalue weighted by molar-refractivity contribution is 4.80. The highest BCUT2D eigenvalue weighted by atomic mass is 16.5. The van der Waals surface area contributed by atoms with Crippen molar-refractivity contribution < 1.29 is 9.47 Å². The second-order valence-corrected chi connectivity index (χ2v) is 4.91. The van der Waals surface area contributed by atoms with Gasteiger partial charge in [0.25, 0.3) is 0 Å². The summed E-state index contributed by atoms with van der Waals surface area (Å²) in [6.07, 6.45) is 2.68. The first-order valence-electron chi connectivity index (χ1n) is 6.88. The van der Waals surface area contributed by atoms with E-state index in [-0.39, 0.29) is 0 Å². The Hall–Kier alpha value is -0.980. The fraction of sp³-hybridized carbons (Fsp3) is 0.846. The van der Waals surface area contributed by atoms with Crippen LogP contribution in [0.15, 0.2) is 6.33 Å². The van der Waals surface area contributed by atoms with E-state index in [1.54, 1.807) is 13.4 Å². The molecule has 6 nitrogen and oxygen atoms in total. The molecule has 0 atom stereocenters. The molecule has 19 heavy (non-hydrogen) atoms. The molecule has 0 saturated carbocycles. The molecule has 0 fully saturated rings. The van der Waals surface area contributed by atoms with Gasteiger partial charge in [0.1, 0.15) is 6.33 Å². The van der Waals surface area contributed by atoms with Crippen LogP contribution in [0.4, 0.5) is 0 Å². The molecule has 0 unspecified atom stereocenters. The Morgan fingerprint density at radius 1 is 1.32 bits per heavy atom. The second-order valence-electron chi connectivity index (χ2n) is 4.91. The largest absolute Gasteiger partial charge is 0.385 e. The number of hydrogen-bond donors (Lipinski definition) is 1. The standard InChI is InChI=1S/C13H26N4O2/c1-12(2)9-14-10-13-15-11-17(16-13)5-8-19-7-4-6-18-3/h11-12,14H,4-10H2,1-3H3. The highest BCUT2D eigenvalue weighted by Crippen LogP contribution is 1.93. The van der Waals surface area contributed by atoms with Crippen molar-refractivity contribution in [3.8, 4) is 0 Å². The number of ether oxygens (including phenoxy) is 2. The molecular formula is C13H26N4O2. The predicted octanol–water partition coefficient (Wildman–Crippen LogP) is 1.08. The smallest absolute Gasteiger partial charge is 0.164 e. The van der Waals surface area contributed by atoms with Crippen LogP contribution in [0.3, 0.4) is 0 Å². The number of aromatic nitrogens is 3. The average Bonchev–Trinajstić information content (AvgIpc) is 2.81. The van der Waals surface area contributed by atoms with Gasteiger partial charge in [-0.2, -0.15) is 5.10 Å². The Morgan fingerprint density at radius 3 is 2.89 bits per heavy atom. The van der Waals surface area contributed by atoms with Crippen LogP contribution in [0.25, 0.3) is 0 Å². The summed E-state index contributed by atoms with van der Waals surface area (Å²) >= 11 is 0. The van der Waals surface area contributed by atoms with Crippen LogP contribution in [-0.2, 0) is 22.6 Å². The minimum absolute atomic E-state index is 0.641. The van der Waals surface area contributed by atoms with Crippen LogP contribution in [0.2, 0.25) is 0 Å². The first-order valence-corrected chi connectivity index (χ1v) is 6.88. The summed E-state index contributed by atoms with van der Waals surface area (Å²) in [5.41, 5.74) is 0. The molecule has 0 aromatic carbocycles. The lowest BCUT2D eigenvalue weighted by Gasteiger charge is -2.05. The van der Waals surface area contributed by atoms with Gasteiger partial charge in [-0.1, -0.05) is 13.8 Å². The van der Waals surface area contributed by atoms with Crippen LogP contribution in [0.1, 0.15) is 26.1 Å². The lowest BCUT2D eigenvalue weighted by molar-refractivity contribution is 0.0960. The zero-order chi connectivity index (χ0) is 13.9. The zero-order valence-electron chi connectivity index (χ0n) is 12.3. The third-order valence-electron chi connectivity index (χ3n) is 2.52. The van der Waals surface area contributed by atoms with E-state index >= 15 is 0 Å². The van der Waals surface area contributed by atoms with E-state index in [0.29, 0.717) is 12.5 Å². The topological polar surface area (TPSA) is 61.2 Å². The number of hydrogen-bond acceptors (Lipinski definition) is 5. The van der Waals surface area contributed by atoms with Gasteiger partial charge in [0.15, 0.2) is 5.82 Å². The minimum atomic E-state index is 0.641. The normalized spacial score (nSPS) is 11.4. The molecule has 0 spiro atoms. The van der Waals surface area contributed by atoms with Crippen molar-refractivity contribution >= 4 is 0 Å². The number of methoxy groups -OCH3 is 1. The Labute approximate surface area is 115 Å². The molecule has 6 heteroatoms. The molecule has 0 amide bonds. The van der Waals surface area contributed by atoms with Crippen molar-refractivity contribution in [2.45, 2.75) is 33.4 Å². The van der Waals surface area contributed by atoms with Gasteiger partial charge >= 0.3 is 0 Å². The maximum Gasteiger partial charge on any atom is 0.164 e. The van der Waals surface area contributed by atoms with Gasteiger partial charge in [-0.05, 0) is 18.9 Å². The SMILES string of the molecule is COCCCOCCn1cnc(CNCC(C)C)n1. The van der Waals surface area contributed by atoms with E-state index in [1.807, 2.05) is 4.68 Å². The Morgan fingerprint density at radius 2 is 2.16 bits per heavy atom. The summed E-state index contributed by atoms with van der Waals surface area (Å²) in [4.78, 5) is 4.26. The molecule has 0 saturated heterocycles. The maximum absolute atomic E-state index is 5.48. The molecule has 0 bridgehead atoms. The molecule has 0 aliphatic heterocycles. The molecule has 0 aliphatic carbocycles. The first-order chi connectivity index (χ1) is 9.22. The van der Waals surface area contributed by atoms with Crippen molar-refractivity contribution in [2.24, 2.45) is 5.92 Å². The second kappa shape index (κ2) is 9.89. The molecule has 110 valence electrons. The van der Waals surface area contributed by atoms with Crippen molar-refractivity contribution in [2.75, 3.05) is 33.5 Å². The van der Waals surface area contributed by atoms with Crippen LogP contribution in [-0.4, -0.2) is 48.2 Å². The zero-order valence-corrected chi connectivity index (χ0v) is 12.3. The van der Waals surface area contributed by atoms with Gasteiger partial charge in [0.2, 0.25) is 0 Å². The first kappa shape index (κ1) is 16.1. The van der Waals surface area contributed by atoms with Crippen LogP contribution < -0.4 is 5.32 Å². The summed E-state index contributed by atoms with van der Waals surface area (Å²) in [6.45, 7) is 8.94. The van der Waals surface area contributed by atoms with Crippen molar-refractivity contribution in [3.05, 3.63) is 12.2 Å². The van der Waals surface area contributed by atoms with E-state index < -0.39 is 0 Å². The minimum Gasteiger partial charge on any atom is -0.385 e. The summed E-state index contributed by atoms with van der Waals surface area (Å²) in [5.74, 6) is 1.47. The van der Waals surface area contributed by atoms with E-state index in [4.69, 9.17) is 9.47 Å². The summed E-state index contributed by atoms with van der Waals surface area (Å²) < 4.78 is 12.2. The van der Waals surface area contributed by atoms with Crippen molar-refractivity contribution in [1.82, 2.24) is 20.1 Å². The molecule has 1 N–H and O–H groups in total. The van der Waals surface area contributed by atoms with Crippen molar-refractivity contribution in [3.63, 3.8) is 0 Å². The average molecular weight is 270 g/mol. The summed E-state index contributed by atoms with van der Waals surface area (Å²) in [5, 5.41) is 7.70. The van der Waals surface area contributed by atoms with Gasteiger partial charge in [-0.3, -0.25) is 4.68 Å². The maximum atomic E-state index is 5.48. The molecule has 1 aromatic rings. The van der Waals surface area contributed by atoms with Crippen LogP contribution >= 0.6 is 0 Å². The molecule has 1 heterocycles. The van der Waals surface area contributed by atoms with E-state index in [0.717, 1.165) is 45.1 Å². The number of nitrogens with one attached hydrogen (secondary N) is 1. The van der Waals surface area contributed by atoms with E-state index in [2.05, 4.69) is 29.2 Å². The van der Waals surface area contributed by atoms with E-state index in [9.17, 15) is 0 Å². The number of nitrogens with zero attached hydrogens (tertiary/aromatic N) is 3. The quantitative estimate of drug-likeness (QED) is 0.610. The molecular weight excluding hydrogens is 244 g/mol. The lowest BCUT2D eigenvalue weighted by Crippen LogP contribution is -2.20. The lowest BCUT2D eigenvalue weighted by atomic mass is 10.2. The molecule has 0 aliphatic rings. The fourth-order valence-corrected chi connectivity index (χ4v) is 1.56. The third-order valence-corrected chi connectivity index (χ3v) is 2.52. The van der Waals surface area contributed by atoms with E-state index in [1.165, 1.54) is 0 Å². The Bertz CT molecular complexity index is 328. The fourth-order valence-electron chi connectivity index (χ4n) is 1.56.